The molecule has 0 fully saturated rings. The number of nitrogens with zero attached hydrogens (tertiary/aromatic N) is 2. The molecule has 16 heavy (non-hydrogen) atoms. The van der Waals surface area contributed by atoms with E-state index in [1.807, 2.05) is 0 Å². The van der Waals surface area contributed by atoms with Gasteiger partial charge in [-0.1, -0.05) is 0 Å². The van der Waals surface area contributed by atoms with Gasteiger partial charge >= 0.3 is 0 Å². The van der Waals surface area contributed by atoms with E-state index < -0.39 is 4.92 Å². The molecule has 0 radical (unpaired) electrons. The predicted octanol–water partition coefficient (Wildman–Crippen LogP) is 0.919. The minimum Gasteiger partial charge on any atom is -0.396 e. The maximum Gasteiger partial charge on any atom is 0.285 e. The lowest BCUT2D eigenvalue weighted by atomic mass is 10.2. The van der Waals surface area contributed by atoms with Crippen LogP contribution in [0.25, 0.3) is 0 Å². The maximum absolute atomic E-state index is 11.3. The molecule has 0 aliphatic heterocycles. The summed E-state index contributed by atoms with van der Waals surface area (Å²) in [6.07, 6.45) is 3.46. The Kier molecular flexibility index (Phi) is 4.65. The zero-order valence-electron chi connectivity index (χ0n) is 8.83. The molecule has 6 nitrogen and oxygen atoms in total. The molecule has 0 spiro atoms. The van der Waals surface area contributed by atoms with Crippen molar-refractivity contribution in [3.63, 3.8) is 0 Å². The number of aryl methyl sites for hydroxylation is 1. The highest BCUT2D eigenvalue weighted by molar-refractivity contribution is 5.24. The minimum atomic E-state index is -0.524. The topological polar surface area (TPSA) is 85.4 Å². The highest BCUT2D eigenvalue weighted by Crippen LogP contribution is 2.07. The monoisotopic (exact) mass is 226 g/mol. The Morgan fingerprint density at radius 2 is 2.06 bits per heavy atom. The van der Waals surface area contributed by atoms with Crippen molar-refractivity contribution < 1.29 is 10.0 Å². The van der Waals surface area contributed by atoms with Crippen molar-refractivity contribution in [3.05, 3.63) is 38.8 Å². The lowest BCUT2D eigenvalue weighted by molar-refractivity contribution is -0.385. The molecule has 6 heteroatoms. The highest BCUT2D eigenvalue weighted by atomic mass is 16.6. The molecule has 0 aliphatic rings. The molecule has 1 aromatic heterocycles. The van der Waals surface area contributed by atoms with Crippen LogP contribution in [-0.4, -0.2) is 21.2 Å². The molecule has 0 atom stereocenters. The van der Waals surface area contributed by atoms with Gasteiger partial charge in [-0.3, -0.25) is 14.9 Å². The van der Waals surface area contributed by atoms with Crippen molar-refractivity contribution in [1.82, 2.24) is 4.57 Å². The van der Waals surface area contributed by atoms with Gasteiger partial charge in [0.05, 0.1) is 11.1 Å². The Hall–Kier alpha value is -1.69. The van der Waals surface area contributed by atoms with E-state index in [0.717, 1.165) is 12.8 Å². The molecule has 0 aliphatic carbocycles. The van der Waals surface area contributed by atoms with Crippen LogP contribution >= 0.6 is 0 Å². The van der Waals surface area contributed by atoms with Gasteiger partial charge in [-0.2, -0.15) is 0 Å². The third-order valence-corrected chi connectivity index (χ3v) is 2.24. The molecule has 1 heterocycles. The standard InChI is InChI=1S/C10H14N2O4/c13-7-3-1-2-6-11-8-9(12(15)16)4-5-10(11)14/h4-5,8,13H,1-3,6-7H2. The zero-order chi connectivity index (χ0) is 12.0. The largest absolute Gasteiger partial charge is 0.396 e. The van der Waals surface area contributed by atoms with Gasteiger partial charge in [0.15, 0.2) is 0 Å². The molecule has 0 amide bonds. The van der Waals surface area contributed by atoms with E-state index >= 15 is 0 Å². The Balaban J connectivity index is 2.67. The molecule has 0 saturated heterocycles. The molecular weight excluding hydrogens is 212 g/mol. The SMILES string of the molecule is O=c1ccc([N+](=O)[O-])cn1CCCCCO. The van der Waals surface area contributed by atoms with Crippen molar-refractivity contribution in [2.75, 3.05) is 6.61 Å². The fourth-order valence-electron chi connectivity index (χ4n) is 1.37. The lowest BCUT2D eigenvalue weighted by Gasteiger charge is -2.04. The first kappa shape index (κ1) is 12.4. The van der Waals surface area contributed by atoms with Crippen LogP contribution in [0.4, 0.5) is 5.69 Å². The maximum atomic E-state index is 11.3. The molecule has 1 rings (SSSR count). The van der Waals surface area contributed by atoms with Crippen LogP contribution in [0.3, 0.4) is 0 Å². The van der Waals surface area contributed by atoms with E-state index in [1.165, 1.54) is 22.9 Å². The van der Waals surface area contributed by atoms with Crippen LogP contribution < -0.4 is 5.56 Å². The summed E-state index contributed by atoms with van der Waals surface area (Å²) >= 11 is 0. The number of hydrogen-bond acceptors (Lipinski definition) is 4. The Morgan fingerprint density at radius 3 is 2.69 bits per heavy atom. The van der Waals surface area contributed by atoms with Crippen LogP contribution in [0.15, 0.2) is 23.1 Å². The minimum absolute atomic E-state index is 0.0817. The molecule has 1 aromatic rings. The van der Waals surface area contributed by atoms with E-state index in [2.05, 4.69) is 0 Å². The first-order valence-corrected chi connectivity index (χ1v) is 5.11. The number of hydrogen-bond donors (Lipinski definition) is 1. The second-order valence-electron chi connectivity index (χ2n) is 3.46. The predicted molar refractivity (Wildman–Crippen MR) is 58.3 cm³/mol. The Labute approximate surface area is 92.3 Å². The number of aromatic nitrogens is 1. The molecular formula is C10H14N2O4. The van der Waals surface area contributed by atoms with Crippen LogP contribution in [0.2, 0.25) is 0 Å². The Morgan fingerprint density at radius 1 is 1.31 bits per heavy atom. The summed E-state index contributed by atoms with van der Waals surface area (Å²) in [6.45, 7) is 0.574. The van der Waals surface area contributed by atoms with Crippen molar-refractivity contribution >= 4 is 5.69 Å². The van der Waals surface area contributed by atoms with Crippen molar-refractivity contribution in [2.24, 2.45) is 0 Å². The van der Waals surface area contributed by atoms with E-state index in [1.54, 1.807) is 0 Å². The van der Waals surface area contributed by atoms with Gasteiger partial charge < -0.3 is 9.67 Å². The fourth-order valence-corrected chi connectivity index (χ4v) is 1.37. The quantitative estimate of drug-likeness (QED) is 0.444. The number of unbranched alkanes of at least 4 members (excludes halogenated alkanes) is 2. The van der Waals surface area contributed by atoms with Gasteiger partial charge in [-0.05, 0) is 19.3 Å². The third-order valence-electron chi connectivity index (χ3n) is 2.24. The number of rotatable bonds is 6. The van der Waals surface area contributed by atoms with Gasteiger partial charge in [0.25, 0.3) is 11.2 Å². The van der Waals surface area contributed by atoms with Gasteiger partial charge in [0, 0.05) is 25.3 Å². The van der Waals surface area contributed by atoms with E-state index in [4.69, 9.17) is 5.11 Å². The summed E-state index contributed by atoms with van der Waals surface area (Å²) in [7, 11) is 0. The summed E-state index contributed by atoms with van der Waals surface area (Å²) in [5.74, 6) is 0. The van der Waals surface area contributed by atoms with E-state index in [9.17, 15) is 14.9 Å². The van der Waals surface area contributed by atoms with Crippen LogP contribution in [0.1, 0.15) is 19.3 Å². The summed E-state index contributed by atoms with van der Waals surface area (Å²) in [4.78, 5) is 21.3. The smallest absolute Gasteiger partial charge is 0.285 e. The van der Waals surface area contributed by atoms with Crippen molar-refractivity contribution in [2.45, 2.75) is 25.8 Å². The average molecular weight is 226 g/mol. The third kappa shape index (κ3) is 3.47. The fraction of sp³-hybridized carbons (Fsp3) is 0.500. The summed E-state index contributed by atoms with van der Waals surface area (Å²) < 4.78 is 1.33. The molecule has 0 bridgehead atoms. The Bertz CT molecular complexity index is 414. The second-order valence-corrected chi connectivity index (χ2v) is 3.46. The average Bonchev–Trinajstić information content (AvgIpc) is 2.26. The second kappa shape index (κ2) is 6.02. The molecule has 0 unspecified atom stereocenters. The zero-order valence-corrected chi connectivity index (χ0v) is 8.83. The first-order valence-electron chi connectivity index (χ1n) is 5.11. The first-order chi connectivity index (χ1) is 7.65. The summed E-state index contributed by atoms with van der Waals surface area (Å²) in [5, 5.41) is 19.1. The number of aliphatic hydroxyl groups excluding tert-OH is 1. The van der Waals surface area contributed by atoms with E-state index in [0.29, 0.717) is 13.0 Å². The van der Waals surface area contributed by atoms with E-state index in [-0.39, 0.29) is 17.9 Å². The van der Waals surface area contributed by atoms with Crippen molar-refractivity contribution in [3.8, 4) is 0 Å². The van der Waals surface area contributed by atoms with Crippen LogP contribution in [-0.2, 0) is 6.54 Å². The van der Waals surface area contributed by atoms with Gasteiger partial charge in [-0.25, -0.2) is 0 Å². The molecule has 0 saturated carbocycles. The molecule has 1 N–H and O–H groups in total. The van der Waals surface area contributed by atoms with Crippen LogP contribution in [0, 0.1) is 10.1 Å². The highest BCUT2D eigenvalue weighted by Gasteiger charge is 2.06. The molecule has 0 aromatic carbocycles. The lowest BCUT2D eigenvalue weighted by Crippen LogP contribution is -2.18. The van der Waals surface area contributed by atoms with Gasteiger partial charge in [-0.15, -0.1) is 0 Å². The summed E-state index contributed by atoms with van der Waals surface area (Å²) in [5.41, 5.74) is -0.323. The van der Waals surface area contributed by atoms with Gasteiger partial charge in [0.2, 0.25) is 0 Å². The number of pyridine rings is 1. The number of aliphatic hydroxyl groups is 1. The molecule has 88 valence electrons. The normalized spacial score (nSPS) is 10.3. The number of nitro groups is 1. The van der Waals surface area contributed by atoms with Crippen molar-refractivity contribution in [1.29, 1.82) is 0 Å². The van der Waals surface area contributed by atoms with Gasteiger partial charge in [0.1, 0.15) is 0 Å². The summed E-state index contributed by atoms with van der Waals surface area (Å²) in [6, 6.07) is 2.40. The van der Waals surface area contributed by atoms with Crippen LogP contribution in [0.5, 0.6) is 0 Å².